The number of benzene rings is 1. The van der Waals surface area contributed by atoms with Gasteiger partial charge in [-0.3, -0.25) is 9.69 Å². The molecule has 1 spiro atoms. The van der Waals surface area contributed by atoms with Gasteiger partial charge in [-0.1, -0.05) is 52.9 Å². The third-order valence-corrected chi connectivity index (χ3v) is 7.73. The van der Waals surface area contributed by atoms with E-state index in [0.29, 0.717) is 19.6 Å². The second kappa shape index (κ2) is 6.31. The second-order valence-corrected chi connectivity index (χ2v) is 8.99. The molecule has 0 unspecified atom stereocenters. The monoisotopic (exact) mass is 484 g/mol. The van der Waals surface area contributed by atoms with E-state index in [1.807, 2.05) is 30.3 Å². The number of hydrogen-bond acceptors (Lipinski definition) is 6. The van der Waals surface area contributed by atoms with Gasteiger partial charge in [0, 0.05) is 13.0 Å². The van der Waals surface area contributed by atoms with Crippen molar-refractivity contribution in [1.82, 2.24) is 10.2 Å². The fourth-order valence-corrected chi connectivity index (χ4v) is 6.44. The van der Waals surface area contributed by atoms with Crippen molar-refractivity contribution in [2.24, 2.45) is 0 Å². The Labute approximate surface area is 170 Å². The molecule has 4 aliphatic rings. The van der Waals surface area contributed by atoms with Crippen LogP contribution in [0.3, 0.4) is 0 Å². The van der Waals surface area contributed by atoms with Crippen LogP contribution in [0.15, 0.2) is 30.3 Å². The van der Waals surface area contributed by atoms with Crippen LogP contribution in [0.5, 0.6) is 0 Å². The van der Waals surface area contributed by atoms with E-state index in [-0.39, 0.29) is 28.1 Å². The first-order valence-corrected chi connectivity index (χ1v) is 10.5. The third-order valence-electron chi connectivity index (χ3n) is 6.19. The minimum Gasteiger partial charge on any atom is -0.465 e. The average Bonchev–Trinajstić information content (AvgIpc) is 3.27. The van der Waals surface area contributed by atoms with E-state index in [4.69, 9.17) is 14.2 Å². The van der Waals surface area contributed by atoms with Gasteiger partial charge in [0.05, 0.1) is 22.7 Å². The maximum atomic E-state index is 13.0. The number of carbonyl (C=O) groups is 2. The molecule has 7 nitrogen and oxygen atoms in total. The van der Waals surface area contributed by atoms with Crippen LogP contribution in [0.2, 0.25) is 0 Å². The molecule has 4 aliphatic heterocycles. The van der Waals surface area contributed by atoms with E-state index < -0.39 is 23.8 Å². The average molecular weight is 484 g/mol. The number of alkyl carbamates (subject to hydrolysis) is 1. The van der Waals surface area contributed by atoms with E-state index >= 15 is 0 Å². The number of carbonyl (C=O) groups excluding carboxylic acids is 2. The highest BCUT2D eigenvalue weighted by Gasteiger charge is 2.76. The van der Waals surface area contributed by atoms with Crippen molar-refractivity contribution in [3.05, 3.63) is 35.9 Å². The van der Waals surface area contributed by atoms with E-state index in [1.165, 1.54) is 0 Å². The fourth-order valence-electron chi connectivity index (χ4n) is 5.22. The van der Waals surface area contributed by atoms with E-state index in [9.17, 15) is 9.59 Å². The first-order valence-electron chi connectivity index (χ1n) is 9.30. The van der Waals surface area contributed by atoms with Crippen molar-refractivity contribution in [3.8, 4) is 0 Å². The van der Waals surface area contributed by atoms with Crippen molar-refractivity contribution in [1.29, 1.82) is 0 Å². The summed E-state index contributed by atoms with van der Waals surface area (Å²) < 4.78 is 17.6. The molecule has 5 rings (SSSR count). The Bertz CT molecular complexity index is 777. The number of nitrogens with zero attached hydrogens (tertiary/aromatic N) is 1. The highest BCUT2D eigenvalue weighted by molar-refractivity contribution is 14.1. The maximum Gasteiger partial charge on any atom is 0.408 e. The van der Waals surface area contributed by atoms with Crippen LogP contribution in [0.4, 0.5) is 4.79 Å². The molecule has 0 aliphatic carbocycles. The second-order valence-electron chi connectivity index (χ2n) is 7.56. The summed E-state index contributed by atoms with van der Waals surface area (Å²) in [6.45, 7) is 2.68. The van der Waals surface area contributed by atoms with Gasteiger partial charge in [0.1, 0.15) is 18.2 Å². The smallest absolute Gasteiger partial charge is 0.408 e. The molecule has 0 aromatic heterocycles. The van der Waals surface area contributed by atoms with Crippen LogP contribution in [0.1, 0.15) is 18.9 Å². The maximum absolute atomic E-state index is 13.0. The summed E-state index contributed by atoms with van der Waals surface area (Å²) in [5, 5.41) is 2.89. The van der Waals surface area contributed by atoms with Gasteiger partial charge in [-0.2, -0.15) is 0 Å². The lowest BCUT2D eigenvalue weighted by Crippen LogP contribution is -2.75. The summed E-state index contributed by atoms with van der Waals surface area (Å²) in [7, 11) is 0. The van der Waals surface area contributed by atoms with E-state index in [2.05, 4.69) is 32.8 Å². The summed E-state index contributed by atoms with van der Waals surface area (Å²) in [4.78, 5) is 27.3. The molecule has 7 atom stereocenters. The number of piperidine rings is 1. The predicted octanol–water partition coefficient (Wildman–Crippen LogP) is 1.62. The SMILES string of the molecule is CCOC(=O)[C@H]1[C@@H]2NC(=O)O[C@@]23C[C@@H]2O[C@H]3[C@H]([C@@H]2I)N1Cc1ccccc1. The molecule has 1 N–H and O–H groups in total. The normalized spacial score (nSPS) is 41.8. The van der Waals surface area contributed by atoms with Crippen LogP contribution in [-0.4, -0.2) is 63.4 Å². The molecule has 4 fully saturated rings. The lowest BCUT2D eigenvalue weighted by atomic mass is 9.70. The van der Waals surface area contributed by atoms with Gasteiger partial charge in [-0.15, -0.1) is 0 Å². The minimum absolute atomic E-state index is 0.0112. The van der Waals surface area contributed by atoms with Gasteiger partial charge in [0.15, 0.2) is 5.60 Å². The zero-order valence-electron chi connectivity index (χ0n) is 14.8. The van der Waals surface area contributed by atoms with Gasteiger partial charge >= 0.3 is 12.1 Å². The Hall–Kier alpha value is -1.39. The lowest BCUT2D eigenvalue weighted by molar-refractivity contribution is -0.167. The van der Waals surface area contributed by atoms with Gasteiger partial charge in [-0.25, -0.2) is 4.79 Å². The van der Waals surface area contributed by atoms with Gasteiger partial charge in [0.2, 0.25) is 0 Å². The molecule has 1 aromatic carbocycles. The molecule has 2 bridgehead atoms. The van der Waals surface area contributed by atoms with Crippen molar-refractivity contribution in [3.63, 3.8) is 0 Å². The molecule has 27 heavy (non-hydrogen) atoms. The summed E-state index contributed by atoms with van der Waals surface area (Å²) in [6, 6.07) is 8.96. The van der Waals surface area contributed by atoms with Crippen LogP contribution < -0.4 is 5.32 Å². The molecule has 4 saturated heterocycles. The number of esters is 1. The Morgan fingerprint density at radius 3 is 2.89 bits per heavy atom. The summed E-state index contributed by atoms with van der Waals surface area (Å²) >= 11 is 2.42. The Balaban J connectivity index is 1.58. The number of likely N-dealkylation sites (tertiary alicyclic amines) is 1. The van der Waals surface area contributed by atoms with Gasteiger partial charge in [-0.05, 0) is 12.5 Å². The number of nitrogens with one attached hydrogen (secondary N) is 1. The van der Waals surface area contributed by atoms with Crippen molar-refractivity contribution in [2.45, 2.75) is 59.7 Å². The van der Waals surface area contributed by atoms with Gasteiger partial charge in [0.25, 0.3) is 0 Å². The van der Waals surface area contributed by atoms with Crippen molar-refractivity contribution < 1.29 is 23.8 Å². The largest absolute Gasteiger partial charge is 0.465 e. The summed E-state index contributed by atoms with van der Waals surface area (Å²) in [5.41, 5.74) is 0.328. The van der Waals surface area contributed by atoms with E-state index in [0.717, 1.165) is 5.56 Å². The number of halogens is 1. The topological polar surface area (TPSA) is 77.1 Å². The molecular weight excluding hydrogens is 463 g/mol. The molecule has 8 heteroatoms. The van der Waals surface area contributed by atoms with Crippen LogP contribution >= 0.6 is 22.6 Å². The van der Waals surface area contributed by atoms with Crippen molar-refractivity contribution in [2.75, 3.05) is 6.61 Å². The number of rotatable bonds is 4. The summed E-state index contributed by atoms with van der Waals surface area (Å²) in [6.07, 6.45) is -0.0593. The Morgan fingerprint density at radius 2 is 2.19 bits per heavy atom. The minimum atomic E-state index is -0.779. The molecule has 0 saturated carbocycles. The number of fused-ring (bicyclic) bond motifs is 1. The van der Waals surface area contributed by atoms with Crippen molar-refractivity contribution >= 4 is 34.7 Å². The molecule has 4 heterocycles. The fraction of sp³-hybridized carbons (Fsp3) is 0.579. The molecule has 1 amide bonds. The summed E-state index contributed by atoms with van der Waals surface area (Å²) in [5.74, 6) is -0.319. The zero-order chi connectivity index (χ0) is 18.8. The number of alkyl halides is 1. The number of amides is 1. The Kier molecular flexibility index (Phi) is 4.14. The van der Waals surface area contributed by atoms with Gasteiger partial charge < -0.3 is 19.5 Å². The van der Waals surface area contributed by atoms with Crippen LogP contribution in [0, 0.1) is 0 Å². The van der Waals surface area contributed by atoms with E-state index in [1.54, 1.807) is 6.92 Å². The number of ether oxygens (including phenoxy) is 3. The zero-order valence-corrected chi connectivity index (χ0v) is 17.0. The molecule has 144 valence electrons. The lowest BCUT2D eigenvalue weighted by Gasteiger charge is -2.53. The third kappa shape index (κ3) is 2.45. The highest BCUT2D eigenvalue weighted by Crippen LogP contribution is 2.56. The van der Waals surface area contributed by atoms with Crippen LogP contribution in [-0.2, 0) is 25.5 Å². The quantitative estimate of drug-likeness (QED) is 0.398. The molecular formula is C19H21IN2O5. The molecule has 0 radical (unpaired) electrons. The standard InChI is InChI=1S/C19H21IN2O5/c1-2-25-17(23)14-15-19(27-18(24)21-15)8-11-12(20)13(16(19)26-11)22(14)9-10-6-4-3-5-7-10/h3-7,11-16H,2,8-9H2,1H3,(H,21,24)/t11-,12+,13-,14+,15-,16-,19-/m0/s1. The Morgan fingerprint density at radius 1 is 1.41 bits per heavy atom. The molecule has 1 aromatic rings. The predicted molar refractivity (Wildman–Crippen MR) is 103 cm³/mol. The van der Waals surface area contributed by atoms with Crippen LogP contribution in [0.25, 0.3) is 0 Å². The first-order chi connectivity index (χ1) is 13.0. The first kappa shape index (κ1) is 17.7. The highest BCUT2D eigenvalue weighted by atomic mass is 127. The number of hydrogen-bond donors (Lipinski definition) is 1.